The van der Waals surface area contributed by atoms with Crippen molar-refractivity contribution in [3.05, 3.63) is 46.0 Å². The van der Waals surface area contributed by atoms with Gasteiger partial charge in [-0.15, -0.1) is 11.3 Å². The van der Waals surface area contributed by atoms with Gasteiger partial charge in [0.05, 0.1) is 12.1 Å². The number of aryl methyl sites for hydroxylation is 2. The van der Waals surface area contributed by atoms with Gasteiger partial charge in [-0.2, -0.15) is 0 Å². The van der Waals surface area contributed by atoms with Gasteiger partial charge >= 0.3 is 0 Å². The molecular formula is C16H19N3OS. The zero-order valence-corrected chi connectivity index (χ0v) is 12.9. The van der Waals surface area contributed by atoms with Crippen molar-refractivity contribution in [1.29, 1.82) is 0 Å². The molecule has 1 atom stereocenters. The number of carbonyl (C=O) groups is 1. The minimum Gasteiger partial charge on any atom is -0.375 e. The molecule has 0 radical (unpaired) electrons. The zero-order valence-electron chi connectivity index (χ0n) is 12.1. The molecule has 3 rings (SSSR count). The number of carbonyl (C=O) groups excluding carboxylic acids is 1. The number of rotatable bonds is 3. The summed E-state index contributed by atoms with van der Waals surface area (Å²) in [6.07, 6.45) is 3.34. The van der Waals surface area contributed by atoms with Gasteiger partial charge in [0.2, 0.25) is 5.91 Å². The molecule has 110 valence electrons. The first-order valence-electron chi connectivity index (χ1n) is 7.19. The number of aromatic nitrogens is 1. The Balaban J connectivity index is 1.60. The van der Waals surface area contributed by atoms with Gasteiger partial charge in [0.25, 0.3) is 0 Å². The van der Waals surface area contributed by atoms with E-state index in [4.69, 9.17) is 5.73 Å². The molecule has 0 unspecified atom stereocenters. The third-order valence-electron chi connectivity index (χ3n) is 3.94. The molecule has 21 heavy (non-hydrogen) atoms. The number of anilines is 1. The quantitative estimate of drug-likeness (QED) is 0.913. The van der Waals surface area contributed by atoms with Crippen LogP contribution in [0.1, 0.15) is 28.1 Å². The number of amides is 1. The molecule has 3 N–H and O–H groups in total. The average molecular weight is 301 g/mol. The molecule has 1 aromatic carbocycles. The lowest BCUT2D eigenvalue weighted by atomic mass is 9.88. The minimum absolute atomic E-state index is 0.0612. The maximum atomic E-state index is 12.2. The predicted octanol–water partition coefficient (Wildman–Crippen LogP) is 2.25. The van der Waals surface area contributed by atoms with Crippen LogP contribution in [0.4, 0.5) is 5.13 Å². The normalized spacial score (nSPS) is 17.3. The van der Waals surface area contributed by atoms with Crippen LogP contribution in [0.5, 0.6) is 0 Å². The first-order valence-corrected chi connectivity index (χ1v) is 8.01. The smallest absolute Gasteiger partial charge is 0.225 e. The Morgan fingerprint density at radius 3 is 2.90 bits per heavy atom. The third kappa shape index (κ3) is 3.24. The number of nitrogens with two attached hydrogens (primary N) is 1. The second-order valence-corrected chi connectivity index (χ2v) is 6.63. The summed E-state index contributed by atoms with van der Waals surface area (Å²) < 4.78 is 0. The van der Waals surface area contributed by atoms with Gasteiger partial charge in [0.1, 0.15) is 0 Å². The van der Waals surface area contributed by atoms with Crippen LogP contribution >= 0.6 is 11.3 Å². The van der Waals surface area contributed by atoms with Crippen molar-refractivity contribution in [2.75, 3.05) is 5.73 Å². The maximum Gasteiger partial charge on any atom is 0.225 e. The molecule has 0 fully saturated rings. The van der Waals surface area contributed by atoms with Crippen LogP contribution in [0.15, 0.2) is 24.3 Å². The largest absolute Gasteiger partial charge is 0.375 e. The van der Waals surface area contributed by atoms with Crippen molar-refractivity contribution in [1.82, 2.24) is 10.3 Å². The molecular weight excluding hydrogens is 282 g/mol. The molecule has 0 saturated heterocycles. The summed E-state index contributed by atoms with van der Waals surface area (Å²) in [5, 5.41) is 3.67. The highest BCUT2D eigenvalue weighted by Gasteiger charge is 2.20. The molecule has 2 aromatic rings. The SMILES string of the molecule is Cc1nc(N)sc1CC(=O)N[C@@H]1CCc2ccccc2C1. The first kappa shape index (κ1) is 14.1. The van der Waals surface area contributed by atoms with Crippen molar-refractivity contribution in [2.24, 2.45) is 0 Å². The van der Waals surface area contributed by atoms with Gasteiger partial charge in [-0.1, -0.05) is 24.3 Å². The number of fused-ring (bicyclic) bond motifs is 1. The van der Waals surface area contributed by atoms with Gasteiger partial charge in [-0.05, 0) is 37.3 Å². The van der Waals surface area contributed by atoms with Crippen LogP contribution in [-0.2, 0) is 24.1 Å². The molecule has 5 heteroatoms. The van der Waals surface area contributed by atoms with E-state index >= 15 is 0 Å². The van der Waals surface area contributed by atoms with Crippen molar-refractivity contribution >= 4 is 22.4 Å². The van der Waals surface area contributed by atoms with E-state index in [-0.39, 0.29) is 11.9 Å². The Bertz CT molecular complexity index is 665. The number of hydrogen-bond acceptors (Lipinski definition) is 4. The van der Waals surface area contributed by atoms with E-state index in [1.54, 1.807) is 0 Å². The summed E-state index contributed by atoms with van der Waals surface area (Å²) in [5.41, 5.74) is 9.30. The van der Waals surface area contributed by atoms with E-state index in [9.17, 15) is 4.79 Å². The summed E-state index contributed by atoms with van der Waals surface area (Å²) in [7, 11) is 0. The number of nitrogens with zero attached hydrogens (tertiary/aromatic N) is 1. The summed E-state index contributed by atoms with van der Waals surface area (Å²) in [4.78, 5) is 17.3. The fraction of sp³-hybridized carbons (Fsp3) is 0.375. The Labute approximate surface area is 128 Å². The minimum atomic E-state index is 0.0612. The van der Waals surface area contributed by atoms with Crippen LogP contribution in [0, 0.1) is 6.92 Å². The van der Waals surface area contributed by atoms with E-state index < -0.39 is 0 Å². The Morgan fingerprint density at radius 2 is 2.19 bits per heavy atom. The van der Waals surface area contributed by atoms with Crippen molar-refractivity contribution in [3.8, 4) is 0 Å². The highest BCUT2D eigenvalue weighted by Crippen LogP contribution is 2.22. The summed E-state index contributed by atoms with van der Waals surface area (Å²) in [6.45, 7) is 1.90. The maximum absolute atomic E-state index is 12.2. The number of nitrogens with one attached hydrogen (secondary N) is 1. The van der Waals surface area contributed by atoms with Crippen LogP contribution in [0.25, 0.3) is 0 Å². The molecule has 1 aliphatic rings. The molecule has 4 nitrogen and oxygen atoms in total. The van der Waals surface area contributed by atoms with E-state index in [0.717, 1.165) is 29.8 Å². The lowest BCUT2D eigenvalue weighted by Crippen LogP contribution is -2.39. The van der Waals surface area contributed by atoms with Gasteiger partial charge < -0.3 is 11.1 Å². The Kier molecular flexibility index (Phi) is 3.92. The van der Waals surface area contributed by atoms with Crippen LogP contribution < -0.4 is 11.1 Å². The Hall–Kier alpha value is -1.88. The second-order valence-electron chi connectivity index (χ2n) is 5.51. The lowest BCUT2D eigenvalue weighted by molar-refractivity contribution is -0.121. The predicted molar refractivity (Wildman–Crippen MR) is 85.4 cm³/mol. The van der Waals surface area contributed by atoms with Gasteiger partial charge in [-0.25, -0.2) is 4.98 Å². The first-order chi connectivity index (χ1) is 10.1. The van der Waals surface area contributed by atoms with Gasteiger partial charge in [-0.3, -0.25) is 4.79 Å². The molecule has 0 saturated carbocycles. The van der Waals surface area contributed by atoms with E-state index in [1.165, 1.54) is 22.5 Å². The zero-order chi connectivity index (χ0) is 14.8. The molecule has 0 spiro atoms. The molecule has 1 heterocycles. The van der Waals surface area contributed by atoms with E-state index in [1.807, 2.05) is 6.92 Å². The lowest BCUT2D eigenvalue weighted by Gasteiger charge is -2.25. The summed E-state index contributed by atoms with van der Waals surface area (Å²) >= 11 is 1.40. The monoisotopic (exact) mass is 301 g/mol. The fourth-order valence-electron chi connectivity index (χ4n) is 2.86. The molecule has 0 bridgehead atoms. The fourth-order valence-corrected chi connectivity index (χ4v) is 3.69. The third-order valence-corrected chi connectivity index (χ3v) is 4.93. The number of thiazole rings is 1. The average Bonchev–Trinajstić information content (AvgIpc) is 2.76. The molecule has 1 amide bonds. The van der Waals surface area contributed by atoms with E-state index in [2.05, 4.69) is 34.6 Å². The summed E-state index contributed by atoms with van der Waals surface area (Å²) in [5.74, 6) is 0.0612. The van der Waals surface area contributed by atoms with Crippen LogP contribution in [-0.4, -0.2) is 16.9 Å². The molecule has 1 aliphatic carbocycles. The summed E-state index contributed by atoms with van der Waals surface area (Å²) in [6, 6.07) is 8.71. The van der Waals surface area contributed by atoms with Crippen molar-refractivity contribution in [2.45, 2.75) is 38.6 Å². The second kappa shape index (κ2) is 5.85. The van der Waals surface area contributed by atoms with Crippen molar-refractivity contribution in [3.63, 3.8) is 0 Å². The van der Waals surface area contributed by atoms with Crippen molar-refractivity contribution < 1.29 is 4.79 Å². The van der Waals surface area contributed by atoms with Crippen LogP contribution in [0.2, 0.25) is 0 Å². The van der Waals surface area contributed by atoms with Gasteiger partial charge in [0, 0.05) is 10.9 Å². The van der Waals surface area contributed by atoms with Crippen LogP contribution in [0.3, 0.4) is 0 Å². The Morgan fingerprint density at radius 1 is 1.43 bits per heavy atom. The standard InChI is InChI=1S/C16H19N3OS/c1-10-14(21-16(17)18-10)9-15(20)19-13-7-6-11-4-2-3-5-12(11)8-13/h2-5,13H,6-9H2,1H3,(H2,17,18)(H,19,20)/t13-/m1/s1. The highest BCUT2D eigenvalue weighted by atomic mass is 32.1. The number of benzene rings is 1. The molecule has 1 aromatic heterocycles. The van der Waals surface area contributed by atoms with Gasteiger partial charge in [0.15, 0.2) is 5.13 Å². The topological polar surface area (TPSA) is 68.0 Å². The number of hydrogen-bond donors (Lipinski definition) is 2. The number of nitrogen functional groups attached to an aromatic ring is 1. The highest BCUT2D eigenvalue weighted by molar-refractivity contribution is 7.15. The molecule has 0 aliphatic heterocycles. The van der Waals surface area contributed by atoms with E-state index in [0.29, 0.717) is 11.6 Å².